The van der Waals surface area contributed by atoms with Crippen molar-refractivity contribution < 1.29 is 19.8 Å². The molecule has 0 saturated carbocycles. The number of aryl methyl sites for hydroxylation is 1. The van der Waals surface area contributed by atoms with E-state index >= 15 is 0 Å². The molecule has 1 unspecified atom stereocenters. The zero-order valence-corrected chi connectivity index (χ0v) is 11.2. The molecule has 0 aliphatic heterocycles. The van der Waals surface area contributed by atoms with Crippen molar-refractivity contribution in [1.29, 1.82) is 0 Å². The predicted octanol–water partition coefficient (Wildman–Crippen LogP) is 0.976. The molecule has 0 bridgehead atoms. The highest BCUT2D eigenvalue weighted by molar-refractivity contribution is 5.92. The number of nitrogens with one attached hydrogen (secondary N) is 1. The first kappa shape index (κ1) is 15.0. The molecule has 1 atom stereocenters. The third-order valence-electron chi connectivity index (χ3n) is 2.83. The van der Waals surface area contributed by atoms with Gasteiger partial charge in [0.2, 0.25) is 0 Å². The van der Waals surface area contributed by atoms with Gasteiger partial charge in [-0.25, -0.2) is 9.59 Å². The third-order valence-corrected chi connectivity index (χ3v) is 2.83. The number of urea groups is 1. The lowest BCUT2D eigenvalue weighted by molar-refractivity contribution is -0.155. The van der Waals surface area contributed by atoms with E-state index in [1.807, 2.05) is 19.1 Å². The molecule has 0 radical (unpaired) electrons. The number of anilines is 1. The fourth-order valence-electron chi connectivity index (χ4n) is 1.49. The average Bonchev–Trinajstić information content (AvgIpc) is 2.35. The van der Waals surface area contributed by atoms with E-state index in [1.54, 1.807) is 19.2 Å². The van der Waals surface area contributed by atoms with Gasteiger partial charge in [-0.15, -0.1) is 0 Å². The van der Waals surface area contributed by atoms with Crippen LogP contribution in [0.1, 0.15) is 12.5 Å². The summed E-state index contributed by atoms with van der Waals surface area (Å²) in [6, 6.07) is 6.84. The molecule has 19 heavy (non-hydrogen) atoms. The van der Waals surface area contributed by atoms with Gasteiger partial charge in [-0.2, -0.15) is 0 Å². The summed E-state index contributed by atoms with van der Waals surface area (Å²) in [7, 11) is 1.58. The maximum absolute atomic E-state index is 11.9. The number of nitrogens with zero attached hydrogens (tertiary/aromatic N) is 1. The highest BCUT2D eigenvalue weighted by atomic mass is 16.4. The molecular weight excluding hydrogens is 248 g/mol. The minimum atomic E-state index is -1.98. The van der Waals surface area contributed by atoms with Gasteiger partial charge >= 0.3 is 12.0 Å². The molecule has 0 saturated heterocycles. The van der Waals surface area contributed by atoms with Crippen LogP contribution >= 0.6 is 0 Å². The fraction of sp³-hybridized carbons (Fsp3) is 0.385. The van der Waals surface area contributed by atoms with Crippen LogP contribution in [0.15, 0.2) is 24.3 Å². The van der Waals surface area contributed by atoms with Gasteiger partial charge in [0.1, 0.15) is 0 Å². The van der Waals surface area contributed by atoms with Crippen LogP contribution in [0.3, 0.4) is 0 Å². The van der Waals surface area contributed by atoms with Crippen LogP contribution in [-0.2, 0) is 4.79 Å². The Labute approximate surface area is 111 Å². The molecule has 6 heteroatoms. The molecule has 0 aliphatic carbocycles. The molecule has 0 fully saturated rings. The van der Waals surface area contributed by atoms with Crippen molar-refractivity contribution in [2.45, 2.75) is 19.4 Å². The maximum atomic E-state index is 11.9. The number of carbonyl (C=O) groups excluding carboxylic acids is 1. The second kappa shape index (κ2) is 5.71. The summed E-state index contributed by atoms with van der Waals surface area (Å²) in [5.41, 5.74) is -0.345. The van der Waals surface area contributed by atoms with Gasteiger partial charge in [0.05, 0.1) is 6.54 Å². The van der Waals surface area contributed by atoms with E-state index in [1.165, 1.54) is 4.90 Å². The van der Waals surface area contributed by atoms with Crippen molar-refractivity contribution in [1.82, 2.24) is 5.32 Å². The summed E-state index contributed by atoms with van der Waals surface area (Å²) >= 11 is 0. The zero-order chi connectivity index (χ0) is 14.6. The van der Waals surface area contributed by atoms with Crippen molar-refractivity contribution in [3.05, 3.63) is 29.8 Å². The van der Waals surface area contributed by atoms with E-state index in [2.05, 4.69) is 5.32 Å². The highest BCUT2D eigenvalue weighted by Gasteiger charge is 2.30. The summed E-state index contributed by atoms with van der Waals surface area (Å²) in [6.45, 7) is 2.63. The Morgan fingerprint density at radius 1 is 1.37 bits per heavy atom. The number of para-hydroxylation sites is 1. The normalized spacial score (nSPS) is 13.5. The molecular formula is C13H18N2O4. The minimum Gasteiger partial charge on any atom is -0.479 e. The Bertz CT molecular complexity index is 485. The molecule has 6 nitrogen and oxygen atoms in total. The first-order valence-electron chi connectivity index (χ1n) is 5.78. The lowest BCUT2D eigenvalue weighted by Crippen LogP contribution is -2.49. The molecule has 1 aromatic carbocycles. The van der Waals surface area contributed by atoms with E-state index in [4.69, 9.17) is 5.11 Å². The van der Waals surface area contributed by atoms with Gasteiger partial charge in [0.15, 0.2) is 5.60 Å². The highest BCUT2D eigenvalue weighted by Crippen LogP contribution is 2.17. The fourth-order valence-corrected chi connectivity index (χ4v) is 1.49. The molecule has 104 valence electrons. The van der Waals surface area contributed by atoms with Crippen molar-refractivity contribution in [3.8, 4) is 0 Å². The zero-order valence-electron chi connectivity index (χ0n) is 11.2. The quantitative estimate of drug-likeness (QED) is 0.757. The van der Waals surface area contributed by atoms with Crippen molar-refractivity contribution in [3.63, 3.8) is 0 Å². The summed E-state index contributed by atoms with van der Waals surface area (Å²) in [5, 5.41) is 20.6. The molecule has 1 rings (SSSR count). The van der Waals surface area contributed by atoms with Crippen LogP contribution in [0.4, 0.5) is 10.5 Å². The Kier molecular flexibility index (Phi) is 4.50. The van der Waals surface area contributed by atoms with Crippen molar-refractivity contribution in [2.24, 2.45) is 0 Å². The van der Waals surface area contributed by atoms with E-state index in [-0.39, 0.29) is 6.54 Å². The van der Waals surface area contributed by atoms with Gasteiger partial charge in [-0.1, -0.05) is 18.2 Å². The largest absolute Gasteiger partial charge is 0.479 e. The predicted molar refractivity (Wildman–Crippen MR) is 71.2 cm³/mol. The molecule has 0 spiro atoms. The number of hydrogen-bond donors (Lipinski definition) is 3. The van der Waals surface area contributed by atoms with Crippen LogP contribution in [0.25, 0.3) is 0 Å². The number of carbonyl (C=O) groups is 2. The first-order valence-corrected chi connectivity index (χ1v) is 5.78. The van der Waals surface area contributed by atoms with Gasteiger partial charge in [0.25, 0.3) is 0 Å². The Morgan fingerprint density at radius 3 is 2.47 bits per heavy atom. The summed E-state index contributed by atoms with van der Waals surface area (Å²) < 4.78 is 0. The van der Waals surface area contributed by atoms with Crippen LogP contribution in [-0.4, -0.2) is 41.4 Å². The molecule has 0 aromatic heterocycles. The Hall–Kier alpha value is -2.08. The van der Waals surface area contributed by atoms with Crippen LogP contribution < -0.4 is 10.2 Å². The lowest BCUT2D eigenvalue weighted by atomic mass is 10.1. The first-order chi connectivity index (χ1) is 8.75. The topological polar surface area (TPSA) is 89.9 Å². The molecule has 0 aliphatic rings. The van der Waals surface area contributed by atoms with E-state index < -0.39 is 17.6 Å². The summed E-state index contributed by atoms with van der Waals surface area (Å²) in [6.07, 6.45) is 0. The maximum Gasteiger partial charge on any atom is 0.337 e. The SMILES string of the molecule is Cc1ccccc1N(C)C(=O)NCC(C)(O)C(=O)O. The number of rotatable bonds is 4. The molecule has 1 aromatic rings. The molecule has 2 amide bonds. The number of carboxylic acid groups (broad SMARTS) is 1. The number of benzene rings is 1. The smallest absolute Gasteiger partial charge is 0.337 e. The van der Waals surface area contributed by atoms with E-state index in [0.29, 0.717) is 0 Å². The van der Waals surface area contributed by atoms with Crippen LogP contribution in [0, 0.1) is 6.92 Å². The van der Waals surface area contributed by atoms with Crippen molar-refractivity contribution in [2.75, 3.05) is 18.5 Å². The second-order valence-electron chi connectivity index (χ2n) is 4.58. The third kappa shape index (κ3) is 3.69. The number of aliphatic carboxylic acids is 1. The summed E-state index contributed by atoms with van der Waals surface area (Å²) in [5.74, 6) is -1.38. The van der Waals surface area contributed by atoms with Crippen LogP contribution in [0.5, 0.6) is 0 Å². The molecule has 3 N–H and O–H groups in total. The Morgan fingerprint density at radius 2 is 1.95 bits per heavy atom. The van der Waals surface area contributed by atoms with E-state index in [9.17, 15) is 14.7 Å². The van der Waals surface area contributed by atoms with Crippen LogP contribution in [0.2, 0.25) is 0 Å². The number of hydrogen-bond acceptors (Lipinski definition) is 3. The molecule has 0 heterocycles. The minimum absolute atomic E-state index is 0.364. The van der Waals surface area contributed by atoms with E-state index in [0.717, 1.165) is 18.2 Å². The number of amides is 2. The monoisotopic (exact) mass is 266 g/mol. The lowest BCUT2D eigenvalue weighted by Gasteiger charge is -2.23. The standard InChI is InChI=1S/C13H18N2O4/c1-9-6-4-5-7-10(9)15(3)12(18)14-8-13(2,19)11(16)17/h4-7,19H,8H2,1-3H3,(H,14,18)(H,16,17). The van der Waals surface area contributed by atoms with Gasteiger partial charge < -0.3 is 15.5 Å². The number of carboxylic acids is 1. The van der Waals surface area contributed by atoms with Gasteiger partial charge in [-0.05, 0) is 25.5 Å². The average molecular weight is 266 g/mol. The van der Waals surface area contributed by atoms with Gasteiger partial charge in [0, 0.05) is 12.7 Å². The summed E-state index contributed by atoms with van der Waals surface area (Å²) in [4.78, 5) is 24.0. The van der Waals surface area contributed by atoms with Gasteiger partial charge in [-0.3, -0.25) is 4.90 Å². The van der Waals surface area contributed by atoms with Crippen molar-refractivity contribution >= 4 is 17.7 Å². The number of aliphatic hydroxyl groups is 1. The second-order valence-corrected chi connectivity index (χ2v) is 4.58. The Balaban J connectivity index is 2.70.